The molecule has 24 heavy (non-hydrogen) atoms. The Morgan fingerprint density at radius 3 is 2.08 bits per heavy atom. The molecule has 0 spiro atoms. The lowest BCUT2D eigenvalue weighted by atomic mass is 9.78. The number of nitrogens with zero attached hydrogens (tertiary/aromatic N) is 3. The zero-order valence-electron chi connectivity index (χ0n) is 15.4. The summed E-state index contributed by atoms with van der Waals surface area (Å²) in [6.45, 7) is 12.6. The zero-order valence-corrected chi connectivity index (χ0v) is 15.4. The zero-order chi connectivity index (χ0) is 18.5. The van der Waals surface area contributed by atoms with Crippen molar-refractivity contribution in [1.82, 2.24) is 0 Å². The van der Waals surface area contributed by atoms with Gasteiger partial charge < -0.3 is 9.84 Å². The molecule has 0 saturated heterocycles. The number of azide groups is 1. The van der Waals surface area contributed by atoms with Crippen molar-refractivity contribution < 1.29 is 14.6 Å². The summed E-state index contributed by atoms with van der Waals surface area (Å²) in [6, 6.07) is 4.03. The molecule has 1 N–H and O–H groups in total. The van der Waals surface area contributed by atoms with Gasteiger partial charge in [-0.3, -0.25) is 0 Å². The molecule has 1 amide bonds. The smallest absolute Gasteiger partial charge is 0.396 e. The normalized spacial score (nSPS) is 11.8. The van der Waals surface area contributed by atoms with Crippen LogP contribution in [-0.4, -0.2) is 17.8 Å². The Kier molecular flexibility index (Phi) is 6.27. The van der Waals surface area contributed by atoms with Gasteiger partial charge >= 0.3 is 6.09 Å². The van der Waals surface area contributed by atoms with Crippen LogP contribution in [0.4, 0.5) is 4.79 Å². The predicted octanol–water partition coefficient (Wildman–Crippen LogP) is 5.37. The summed E-state index contributed by atoms with van der Waals surface area (Å²) in [7, 11) is 0. The van der Waals surface area contributed by atoms with Crippen molar-refractivity contribution in [2.24, 2.45) is 5.11 Å². The van der Waals surface area contributed by atoms with Crippen LogP contribution < -0.4 is 0 Å². The van der Waals surface area contributed by atoms with Crippen LogP contribution in [0.5, 0.6) is 5.75 Å². The summed E-state index contributed by atoms with van der Waals surface area (Å²) in [6.07, 6.45) is 0.412. The van der Waals surface area contributed by atoms with Crippen LogP contribution in [0.15, 0.2) is 17.2 Å². The Labute approximate surface area is 143 Å². The second kappa shape index (κ2) is 7.58. The Hall–Kier alpha value is -2.20. The summed E-state index contributed by atoms with van der Waals surface area (Å²) < 4.78 is 4.81. The molecule has 0 radical (unpaired) electrons. The molecule has 132 valence electrons. The fourth-order valence-corrected chi connectivity index (χ4v) is 2.48. The number of ether oxygens (including phenoxy) is 1. The molecule has 0 bridgehead atoms. The van der Waals surface area contributed by atoms with E-state index in [-0.39, 0.29) is 17.4 Å². The third-order valence-electron chi connectivity index (χ3n) is 3.75. The maximum absolute atomic E-state index is 11.0. The first-order valence-corrected chi connectivity index (χ1v) is 8.05. The number of phenols is 1. The lowest BCUT2D eigenvalue weighted by molar-refractivity contribution is 0.155. The van der Waals surface area contributed by atoms with Gasteiger partial charge in [-0.25, -0.2) is 4.79 Å². The van der Waals surface area contributed by atoms with Gasteiger partial charge in [-0.15, -0.1) is 0 Å². The first-order chi connectivity index (χ1) is 11.0. The number of hydrogen-bond acceptors (Lipinski definition) is 3. The number of carbonyl (C=O) groups is 1. The highest BCUT2D eigenvalue weighted by Crippen LogP contribution is 2.39. The van der Waals surface area contributed by atoms with E-state index in [1.807, 2.05) is 12.1 Å². The van der Waals surface area contributed by atoms with Gasteiger partial charge in [-0.05, 0) is 45.9 Å². The first-order valence-electron chi connectivity index (χ1n) is 8.05. The molecule has 1 aromatic rings. The monoisotopic (exact) mass is 333 g/mol. The summed E-state index contributed by atoms with van der Waals surface area (Å²) in [4.78, 5) is 13.4. The van der Waals surface area contributed by atoms with Crippen LogP contribution >= 0.6 is 0 Å². The van der Waals surface area contributed by atoms with Gasteiger partial charge in [0, 0.05) is 10.0 Å². The van der Waals surface area contributed by atoms with Gasteiger partial charge in [0.05, 0.1) is 6.61 Å². The van der Waals surface area contributed by atoms with Crippen LogP contribution in [0, 0.1) is 0 Å². The number of benzene rings is 1. The maximum atomic E-state index is 11.0. The Morgan fingerprint density at radius 1 is 1.17 bits per heavy atom. The predicted molar refractivity (Wildman–Crippen MR) is 94.3 cm³/mol. The van der Waals surface area contributed by atoms with Crippen molar-refractivity contribution in [2.75, 3.05) is 6.61 Å². The molecule has 0 heterocycles. The van der Waals surface area contributed by atoms with E-state index in [0.29, 0.717) is 18.6 Å². The van der Waals surface area contributed by atoms with Crippen molar-refractivity contribution in [2.45, 2.75) is 65.2 Å². The number of rotatable bonds is 4. The van der Waals surface area contributed by atoms with Crippen LogP contribution in [0.1, 0.15) is 64.7 Å². The van der Waals surface area contributed by atoms with E-state index in [1.54, 1.807) is 0 Å². The van der Waals surface area contributed by atoms with E-state index in [0.717, 1.165) is 16.7 Å². The first kappa shape index (κ1) is 19.8. The molecule has 6 heteroatoms. The molecule has 6 nitrogen and oxygen atoms in total. The molecular formula is C18H27N3O3. The maximum Gasteiger partial charge on any atom is 0.396 e. The highest BCUT2D eigenvalue weighted by Gasteiger charge is 2.26. The van der Waals surface area contributed by atoms with Crippen LogP contribution in [0.3, 0.4) is 0 Å². The van der Waals surface area contributed by atoms with E-state index in [9.17, 15) is 9.90 Å². The molecule has 0 aromatic heterocycles. The Balaban J connectivity index is 2.99. The lowest BCUT2D eigenvalue weighted by Gasteiger charge is -2.28. The van der Waals surface area contributed by atoms with Crippen molar-refractivity contribution in [3.63, 3.8) is 0 Å². The van der Waals surface area contributed by atoms with E-state index >= 15 is 0 Å². The van der Waals surface area contributed by atoms with E-state index < -0.39 is 6.09 Å². The number of carbonyl (C=O) groups excluding carboxylic acids is 1. The number of aryl methyl sites for hydroxylation is 1. The average Bonchev–Trinajstić information content (AvgIpc) is 2.42. The summed E-state index contributed by atoms with van der Waals surface area (Å²) >= 11 is 0. The second-order valence-corrected chi connectivity index (χ2v) is 7.95. The van der Waals surface area contributed by atoms with Crippen molar-refractivity contribution in [3.8, 4) is 5.75 Å². The van der Waals surface area contributed by atoms with Gasteiger partial charge in [-0.1, -0.05) is 53.7 Å². The fraction of sp³-hybridized carbons (Fsp3) is 0.611. The quantitative estimate of drug-likeness (QED) is 0.347. The fourth-order valence-electron chi connectivity index (χ4n) is 2.48. The molecule has 0 atom stereocenters. The van der Waals surface area contributed by atoms with Gasteiger partial charge in [-0.2, -0.15) is 0 Å². The molecule has 1 aromatic carbocycles. The number of aromatic hydroxyl groups is 1. The topological polar surface area (TPSA) is 95.3 Å². The summed E-state index contributed by atoms with van der Waals surface area (Å²) in [5.41, 5.74) is 10.7. The van der Waals surface area contributed by atoms with Crippen molar-refractivity contribution >= 4 is 6.09 Å². The minimum atomic E-state index is -0.908. The second-order valence-electron chi connectivity index (χ2n) is 7.95. The summed E-state index contributed by atoms with van der Waals surface area (Å²) in [5, 5.41) is 13.5. The van der Waals surface area contributed by atoms with E-state index in [1.165, 1.54) is 0 Å². The van der Waals surface area contributed by atoms with E-state index in [4.69, 9.17) is 10.3 Å². The molecular weight excluding hydrogens is 306 g/mol. The molecule has 0 aliphatic heterocycles. The van der Waals surface area contributed by atoms with E-state index in [2.05, 4.69) is 51.6 Å². The Bertz CT molecular complexity index is 613. The van der Waals surface area contributed by atoms with Crippen LogP contribution in [0.2, 0.25) is 0 Å². The molecule has 0 unspecified atom stereocenters. The average molecular weight is 333 g/mol. The van der Waals surface area contributed by atoms with Crippen molar-refractivity contribution in [1.29, 1.82) is 0 Å². The third-order valence-corrected chi connectivity index (χ3v) is 3.75. The minimum Gasteiger partial charge on any atom is -0.507 e. The van der Waals surface area contributed by atoms with Crippen LogP contribution in [-0.2, 0) is 22.0 Å². The third kappa shape index (κ3) is 5.46. The van der Waals surface area contributed by atoms with Gasteiger partial charge in [0.25, 0.3) is 0 Å². The highest BCUT2D eigenvalue weighted by atomic mass is 16.5. The molecule has 1 rings (SSSR count). The minimum absolute atomic E-state index is 0.173. The largest absolute Gasteiger partial charge is 0.507 e. The van der Waals surface area contributed by atoms with Crippen LogP contribution in [0.25, 0.3) is 10.4 Å². The van der Waals surface area contributed by atoms with Gasteiger partial charge in [0.1, 0.15) is 5.75 Å². The lowest BCUT2D eigenvalue weighted by Crippen LogP contribution is -2.18. The standard InChI is InChI=1S/C18H27N3O3/c1-17(2,3)13-10-12(8-7-9-24-16(23)20-21-19)11-14(15(13)22)18(4,5)6/h10-11,22H,7-9H2,1-6H3. The molecule has 0 saturated carbocycles. The number of phenolic OH excluding ortho intramolecular Hbond substituents is 1. The van der Waals surface area contributed by atoms with Crippen molar-refractivity contribution in [3.05, 3.63) is 39.3 Å². The SMILES string of the molecule is CC(C)(C)c1cc(CCCOC(=O)N=[N+]=[N-])cc(C(C)(C)C)c1O. The summed E-state index contributed by atoms with van der Waals surface area (Å²) in [5.74, 6) is 0.355. The number of amides is 1. The molecule has 0 aliphatic rings. The Morgan fingerprint density at radius 2 is 1.67 bits per heavy atom. The molecule has 0 aliphatic carbocycles. The van der Waals surface area contributed by atoms with Gasteiger partial charge in [0.15, 0.2) is 0 Å². The van der Waals surface area contributed by atoms with Gasteiger partial charge in [0.2, 0.25) is 0 Å². The molecule has 0 fully saturated rings. The number of hydrogen-bond donors (Lipinski definition) is 1. The highest BCUT2D eigenvalue weighted by molar-refractivity contribution is 5.67.